The number of rotatable bonds is 4. The minimum Gasteiger partial charge on any atom is -0.434 e. The van der Waals surface area contributed by atoms with Crippen molar-refractivity contribution in [1.82, 2.24) is 9.97 Å². The zero-order chi connectivity index (χ0) is 16.4. The van der Waals surface area contributed by atoms with Gasteiger partial charge in [0, 0.05) is 28.5 Å². The second-order valence-electron chi connectivity index (χ2n) is 5.40. The largest absolute Gasteiger partial charge is 0.434 e. The number of benzene rings is 2. The first-order valence-electron chi connectivity index (χ1n) is 7.58. The number of nitrogens with zero attached hydrogens (tertiary/aromatic N) is 2. The van der Waals surface area contributed by atoms with Crippen LogP contribution in [0.25, 0.3) is 22.7 Å². The molecule has 0 aliphatic heterocycles. The van der Waals surface area contributed by atoms with Crippen LogP contribution in [0.4, 0.5) is 5.69 Å². The Morgan fingerprint density at radius 3 is 2.67 bits per heavy atom. The molecule has 0 aliphatic carbocycles. The van der Waals surface area contributed by atoms with Crippen LogP contribution < -0.4 is 5.32 Å². The van der Waals surface area contributed by atoms with Gasteiger partial charge in [0.05, 0.1) is 0 Å². The molecule has 0 bridgehead atoms. The third-order valence-electron chi connectivity index (χ3n) is 3.68. The fourth-order valence-electron chi connectivity index (χ4n) is 2.47. The Kier molecular flexibility index (Phi) is 4.01. The summed E-state index contributed by atoms with van der Waals surface area (Å²) in [5.41, 5.74) is 4.53. The average molecular weight is 380 g/mol. The number of halogens is 1. The monoisotopic (exact) mass is 379 g/mol. The molecular weight excluding hydrogens is 366 g/mol. The molecule has 1 N–H and O–H groups in total. The first-order valence-corrected chi connectivity index (χ1v) is 8.37. The molecule has 2 heterocycles. The normalized spacial score (nSPS) is 10.9. The van der Waals surface area contributed by atoms with Gasteiger partial charge in [0.1, 0.15) is 0 Å². The lowest BCUT2D eigenvalue weighted by Crippen LogP contribution is -1.98. The number of aromatic nitrogens is 2. The Labute approximate surface area is 147 Å². The van der Waals surface area contributed by atoms with Crippen LogP contribution in [0.1, 0.15) is 5.56 Å². The van der Waals surface area contributed by atoms with Crippen molar-refractivity contribution in [2.24, 2.45) is 0 Å². The lowest BCUT2D eigenvalue weighted by molar-refractivity contribution is 0.619. The van der Waals surface area contributed by atoms with Crippen molar-refractivity contribution in [1.29, 1.82) is 0 Å². The second kappa shape index (κ2) is 6.45. The van der Waals surface area contributed by atoms with E-state index in [0.29, 0.717) is 17.1 Å². The van der Waals surface area contributed by atoms with Crippen molar-refractivity contribution < 1.29 is 4.42 Å². The van der Waals surface area contributed by atoms with Gasteiger partial charge in [0.25, 0.3) is 0 Å². The highest BCUT2D eigenvalue weighted by atomic mass is 79.9. The van der Waals surface area contributed by atoms with Crippen LogP contribution in [0, 0.1) is 0 Å². The molecule has 0 aliphatic rings. The summed E-state index contributed by atoms with van der Waals surface area (Å²) in [5.74, 6) is 0.585. The first-order chi connectivity index (χ1) is 11.8. The third-order valence-corrected chi connectivity index (χ3v) is 4.18. The molecule has 0 saturated carbocycles. The second-order valence-corrected chi connectivity index (χ2v) is 6.32. The van der Waals surface area contributed by atoms with E-state index in [1.165, 1.54) is 5.56 Å². The van der Waals surface area contributed by atoms with E-state index < -0.39 is 0 Å². The molecule has 4 nitrogen and oxygen atoms in total. The summed E-state index contributed by atoms with van der Waals surface area (Å²) in [6.45, 7) is 0.769. The Morgan fingerprint density at radius 2 is 1.88 bits per heavy atom. The van der Waals surface area contributed by atoms with Crippen molar-refractivity contribution in [2.75, 3.05) is 5.32 Å². The molecule has 2 aromatic carbocycles. The zero-order valence-electron chi connectivity index (χ0n) is 12.7. The highest BCUT2D eigenvalue weighted by molar-refractivity contribution is 9.10. The average Bonchev–Trinajstić information content (AvgIpc) is 3.05. The summed E-state index contributed by atoms with van der Waals surface area (Å²) in [7, 11) is 0. The van der Waals surface area contributed by atoms with E-state index >= 15 is 0 Å². The molecule has 4 aromatic rings. The lowest BCUT2D eigenvalue weighted by Gasteiger charge is -2.07. The van der Waals surface area contributed by atoms with Crippen LogP contribution in [-0.2, 0) is 6.54 Å². The molecule has 2 aromatic heterocycles. The number of hydrogen-bond donors (Lipinski definition) is 1. The Morgan fingerprint density at radius 1 is 1.00 bits per heavy atom. The molecule has 24 heavy (non-hydrogen) atoms. The van der Waals surface area contributed by atoms with Gasteiger partial charge in [-0.1, -0.05) is 28.1 Å². The fraction of sp³-hybridized carbons (Fsp3) is 0.0526. The highest BCUT2D eigenvalue weighted by Crippen LogP contribution is 2.24. The van der Waals surface area contributed by atoms with Crippen molar-refractivity contribution in [3.63, 3.8) is 0 Å². The fourth-order valence-corrected chi connectivity index (χ4v) is 2.92. The quantitative estimate of drug-likeness (QED) is 0.525. The third kappa shape index (κ3) is 3.16. The molecule has 0 spiro atoms. The molecule has 0 fully saturated rings. The van der Waals surface area contributed by atoms with E-state index in [9.17, 15) is 0 Å². The lowest BCUT2D eigenvalue weighted by atomic mass is 10.2. The van der Waals surface area contributed by atoms with Gasteiger partial charge in [-0.05, 0) is 54.1 Å². The summed E-state index contributed by atoms with van der Waals surface area (Å²) < 4.78 is 6.82. The maximum atomic E-state index is 5.74. The molecule has 5 heteroatoms. The number of pyridine rings is 1. The number of anilines is 1. The van der Waals surface area contributed by atoms with Gasteiger partial charge in [-0.15, -0.1) is 0 Å². The van der Waals surface area contributed by atoms with Gasteiger partial charge in [-0.2, -0.15) is 4.98 Å². The molecule has 0 radical (unpaired) electrons. The van der Waals surface area contributed by atoms with Crippen molar-refractivity contribution in [3.8, 4) is 11.5 Å². The molecule has 0 amide bonds. The predicted molar refractivity (Wildman–Crippen MR) is 98.7 cm³/mol. The van der Waals surface area contributed by atoms with Crippen LogP contribution in [-0.4, -0.2) is 9.97 Å². The van der Waals surface area contributed by atoms with Gasteiger partial charge in [0.15, 0.2) is 11.2 Å². The molecule has 0 saturated heterocycles. The molecule has 0 atom stereocenters. The molecule has 118 valence electrons. The Hall–Kier alpha value is -2.66. The van der Waals surface area contributed by atoms with Crippen molar-refractivity contribution in [2.45, 2.75) is 6.54 Å². The van der Waals surface area contributed by atoms with E-state index in [-0.39, 0.29) is 0 Å². The van der Waals surface area contributed by atoms with Crippen molar-refractivity contribution in [3.05, 3.63) is 76.9 Å². The van der Waals surface area contributed by atoms with Gasteiger partial charge in [-0.25, -0.2) is 4.98 Å². The predicted octanol–water partition coefficient (Wildman–Crippen LogP) is 5.26. The molecule has 0 unspecified atom stereocenters. The smallest absolute Gasteiger partial charge is 0.228 e. The number of fused-ring (bicyclic) bond motifs is 1. The highest BCUT2D eigenvalue weighted by Gasteiger charge is 2.08. The van der Waals surface area contributed by atoms with Gasteiger partial charge in [0.2, 0.25) is 5.89 Å². The van der Waals surface area contributed by atoms with Crippen LogP contribution in [0.15, 0.2) is 75.8 Å². The standard InChI is InChI=1S/C19H14BrN3O/c20-15-4-1-3-13(11-15)12-22-16-8-6-14(7-9-16)19-23-18-17(24-19)5-2-10-21-18/h1-11,22H,12H2. The maximum absolute atomic E-state index is 5.74. The van der Waals surface area contributed by atoms with E-state index in [0.717, 1.165) is 22.3 Å². The summed E-state index contributed by atoms with van der Waals surface area (Å²) in [6, 6.07) is 20.0. The number of hydrogen-bond acceptors (Lipinski definition) is 4. The van der Waals surface area contributed by atoms with E-state index in [1.807, 2.05) is 48.5 Å². The van der Waals surface area contributed by atoms with Crippen LogP contribution in [0.2, 0.25) is 0 Å². The van der Waals surface area contributed by atoms with E-state index in [2.05, 4.69) is 43.3 Å². The Bertz CT molecular complexity index is 946. The first kappa shape index (κ1) is 14.9. The minimum absolute atomic E-state index is 0.585. The number of oxazole rings is 1. The van der Waals surface area contributed by atoms with E-state index in [1.54, 1.807) is 6.20 Å². The maximum Gasteiger partial charge on any atom is 0.228 e. The summed E-state index contributed by atoms with van der Waals surface area (Å²) in [6.07, 6.45) is 1.71. The summed E-state index contributed by atoms with van der Waals surface area (Å²) >= 11 is 3.49. The van der Waals surface area contributed by atoms with Gasteiger partial charge < -0.3 is 9.73 Å². The van der Waals surface area contributed by atoms with Crippen LogP contribution in [0.3, 0.4) is 0 Å². The summed E-state index contributed by atoms with van der Waals surface area (Å²) in [4.78, 5) is 8.61. The molecule has 4 rings (SSSR count). The van der Waals surface area contributed by atoms with E-state index in [4.69, 9.17) is 4.42 Å². The Balaban J connectivity index is 1.50. The SMILES string of the molecule is Brc1cccc(CNc2ccc(-c3nc4ncccc4o3)cc2)c1. The summed E-state index contributed by atoms with van der Waals surface area (Å²) in [5, 5.41) is 3.41. The van der Waals surface area contributed by atoms with Crippen molar-refractivity contribution >= 4 is 32.8 Å². The topological polar surface area (TPSA) is 51.0 Å². The van der Waals surface area contributed by atoms with Gasteiger partial charge >= 0.3 is 0 Å². The molecular formula is C19H14BrN3O. The minimum atomic E-state index is 0.585. The zero-order valence-corrected chi connectivity index (χ0v) is 14.3. The number of nitrogens with one attached hydrogen (secondary N) is 1. The van der Waals surface area contributed by atoms with Gasteiger partial charge in [-0.3, -0.25) is 0 Å². The van der Waals surface area contributed by atoms with Crippen LogP contribution in [0.5, 0.6) is 0 Å². The van der Waals surface area contributed by atoms with Crippen LogP contribution >= 0.6 is 15.9 Å².